The molecule has 110 valence electrons. The molecule has 3 nitrogen and oxygen atoms in total. The number of pyridine rings is 1. The van der Waals surface area contributed by atoms with Gasteiger partial charge in [-0.25, -0.2) is 4.98 Å². The van der Waals surface area contributed by atoms with Crippen molar-refractivity contribution >= 4 is 5.82 Å². The molecule has 0 spiro atoms. The minimum atomic E-state index is 0.823. The first kappa shape index (κ1) is 13.9. The summed E-state index contributed by atoms with van der Waals surface area (Å²) in [7, 11) is 0. The largest absolute Gasteiger partial charge is 0.356 e. The Morgan fingerprint density at radius 2 is 1.85 bits per heavy atom. The maximum absolute atomic E-state index is 4.71. The van der Waals surface area contributed by atoms with Gasteiger partial charge in [-0.2, -0.15) is 0 Å². The van der Waals surface area contributed by atoms with Crippen LogP contribution in [0.3, 0.4) is 0 Å². The molecule has 1 aromatic heterocycles. The van der Waals surface area contributed by atoms with Gasteiger partial charge in [0.1, 0.15) is 5.82 Å². The van der Waals surface area contributed by atoms with Crippen LogP contribution in [0.5, 0.6) is 0 Å². The molecule has 3 heterocycles. The number of aromatic nitrogens is 1. The average Bonchev–Trinajstić information content (AvgIpc) is 3.01. The molecule has 0 radical (unpaired) electrons. The van der Waals surface area contributed by atoms with E-state index in [1.54, 1.807) is 0 Å². The van der Waals surface area contributed by atoms with Crippen molar-refractivity contribution in [3.63, 3.8) is 0 Å². The zero-order valence-electron chi connectivity index (χ0n) is 12.9. The predicted octanol–water partition coefficient (Wildman–Crippen LogP) is 3.02. The number of piperidine rings is 1. The first-order valence-corrected chi connectivity index (χ1v) is 8.22. The Bertz CT molecular complexity index is 444. The molecule has 2 fully saturated rings. The Morgan fingerprint density at radius 3 is 2.45 bits per heavy atom. The number of hydrogen-bond acceptors (Lipinski definition) is 3. The second-order valence-corrected chi connectivity index (χ2v) is 6.30. The first-order valence-electron chi connectivity index (χ1n) is 8.22. The highest BCUT2D eigenvalue weighted by atomic mass is 15.2. The van der Waals surface area contributed by atoms with Crippen LogP contribution in [0.2, 0.25) is 0 Å². The topological polar surface area (TPSA) is 19.4 Å². The maximum Gasteiger partial charge on any atom is 0.131 e. The highest BCUT2D eigenvalue weighted by Gasteiger charge is 2.27. The molecule has 0 bridgehead atoms. The van der Waals surface area contributed by atoms with Crippen molar-refractivity contribution in [2.24, 2.45) is 0 Å². The molecule has 2 aliphatic heterocycles. The van der Waals surface area contributed by atoms with Crippen LogP contribution in [0.15, 0.2) is 12.3 Å². The molecule has 2 saturated heterocycles. The van der Waals surface area contributed by atoms with E-state index in [2.05, 4.69) is 35.9 Å². The predicted molar refractivity (Wildman–Crippen MR) is 84.4 cm³/mol. The van der Waals surface area contributed by atoms with Gasteiger partial charge in [0, 0.05) is 25.3 Å². The molecular formula is C17H27N3. The highest BCUT2D eigenvalue weighted by Crippen LogP contribution is 2.26. The standard InChI is InChI=1S/C17H27N3/c1-3-15-12-14(2)17(18-13-15)20-10-6-16(7-11-20)19-8-4-5-9-19/h12-13,16H,3-11H2,1-2H3. The van der Waals surface area contributed by atoms with E-state index >= 15 is 0 Å². The zero-order valence-corrected chi connectivity index (χ0v) is 12.9. The summed E-state index contributed by atoms with van der Waals surface area (Å²) in [4.78, 5) is 9.90. The number of likely N-dealkylation sites (tertiary alicyclic amines) is 1. The Balaban J connectivity index is 1.62. The number of anilines is 1. The molecule has 0 aliphatic carbocycles. The van der Waals surface area contributed by atoms with Crippen LogP contribution < -0.4 is 4.90 Å². The van der Waals surface area contributed by atoms with E-state index in [0.717, 1.165) is 12.5 Å². The van der Waals surface area contributed by atoms with Gasteiger partial charge in [-0.05, 0) is 63.2 Å². The van der Waals surface area contributed by atoms with E-state index in [-0.39, 0.29) is 0 Å². The number of nitrogens with zero attached hydrogens (tertiary/aromatic N) is 3. The second kappa shape index (κ2) is 6.13. The molecule has 0 atom stereocenters. The Labute approximate surface area is 123 Å². The maximum atomic E-state index is 4.71. The lowest BCUT2D eigenvalue weighted by atomic mass is 10.0. The molecule has 3 heteroatoms. The summed E-state index contributed by atoms with van der Waals surface area (Å²) in [5.41, 5.74) is 2.68. The summed E-state index contributed by atoms with van der Waals surface area (Å²) in [5.74, 6) is 1.21. The lowest BCUT2D eigenvalue weighted by Gasteiger charge is -2.37. The van der Waals surface area contributed by atoms with Crippen LogP contribution in [-0.2, 0) is 6.42 Å². The Hall–Kier alpha value is -1.09. The molecule has 0 aromatic carbocycles. The third kappa shape index (κ3) is 2.83. The summed E-state index contributed by atoms with van der Waals surface area (Å²) >= 11 is 0. The zero-order chi connectivity index (χ0) is 13.9. The van der Waals surface area contributed by atoms with E-state index < -0.39 is 0 Å². The lowest BCUT2D eigenvalue weighted by molar-refractivity contribution is 0.207. The fraction of sp³-hybridized carbons (Fsp3) is 0.706. The fourth-order valence-corrected chi connectivity index (χ4v) is 3.70. The summed E-state index contributed by atoms with van der Waals surface area (Å²) in [6.07, 6.45) is 8.53. The van der Waals surface area contributed by atoms with Crippen molar-refractivity contribution < 1.29 is 0 Å². The lowest BCUT2D eigenvalue weighted by Crippen LogP contribution is -2.44. The van der Waals surface area contributed by atoms with Crippen LogP contribution in [0.25, 0.3) is 0 Å². The normalized spacial score (nSPS) is 21.6. The smallest absolute Gasteiger partial charge is 0.131 e. The van der Waals surface area contributed by atoms with Crippen molar-refractivity contribution in [3.8, 4) is 0 Å². The van der Waals surface area contributed by atoms with Gasteiger partial charge in [-0.3, -0.25) is 0 Å². The Kier molecular flexibility index (Phi) is 4.25. The van der Waals surface area contributed by atoms with Gasteiger partial charge < -0.3 is 9.80 Å². The van der Waals surface area contributed by atoms with Crippen molar-refractivity contribution in [2.75, 3.05) is 31.1 Å². The van der Waals surface area contributed by atoms with Crippen LogP contribution >= 0.6 is 0 Å². The molecule has 0 N–H and O–H groups in total. The summed E-state index contributed by atoms with van der Waals surface area (Å²) in [6, 6.07) is 3.12. The van der Waals surface area contributed by atoms with Gasteiger partial charge in [0.25, 0.3) is 0 Å². The molecule has 0 unspecified atom stereocenters. The third-order valence-electron chi connectivity index (χ3n) is 4.94. The second-order valence-electron chi connectivity index (χ2n) is 6.30. The van der Waals surface area contributed by atoms with Crippen molar-refractivity contribution in [1.82, 2.24) is 9.88 Å². The van der Waals surface area contributed by atoms with Gasteiger partial charge in [0.15, 0.2) is 0 Å². The van der Waals surface area contributed by atoms with Crippen LogP contribution in [0.4, 0.5) is 5.82 Å². The number of hydrogen-bond donors (Lipinski definition) is 0. The van der Waals surface area contributed by atoms with Crippen LogP contribution in [0, 0.1) is 6.92 Å². The van der Waals surface area contributed by atoms with Gasteiger partial charge in [-0.15, -0.1) is 0 Å². The summed E-state index contributed by atoms with van der Waals surface area (Å²) in [5, 5.41) is 0. The van der Waals surface area contributed by atoms with Crippen LogP contribution in [0.1, 0.15) is 43.7 Å². The minimum Gasteiger partial charge on any atom is -0.356 e. The molecule has 0 amide bonds. The van der Waals surface area contributed by atoms with Crippen molar-refractivity contribution in [3.05, 3.63) is 23.4 Å². The van der Waals surface area contributed by atoms with E-state index in [1.165, 1.54) is 68.8 Å². The minimum absolute atomic E-state index is 0.823. The van der Waals surface area contributed by atoms with Crippen LogP contribution in [-0.4, -0.2) is 42.1 Å². The van der Waals surface area contributed by atoms with Gasteiger partial charge in [0.05, 0.1) is 0 Å². The Morgan fingerprint density at radius 1 is 1.15 bits per heavy atom. The van der Waals surface area contributed by atoms with Gasteiger partial charge in [0.2, 0.25) is 0 Å². The number of aryl methyl sites for hydroxylation is 2. The average molecular weight is 273 g/mol. The van der Waals surface area contributed by atoms with E-state index in [1.807, 2.05) is 0 Å². The van der Waals surface area contributed by atoms with E-state index in [9.17, 15) is 0 Å². The fourth-order valence-electron chi connectivity index (χ4n) is 3.70. The third-order valence-corrected chi connectivity index (χ3v) is 4.94. The molecule has 3 rings (SSSR count). The van der Waals surface area contributed by atoms with Gasteiger partial charge >= 0.3 is 0 Å². The van der Waals surface area contributed by atoms with E-state index in [4.69, 9.17) is 4.98 Å². The van der Waals surface area contributed by atoms with Crippen molar-refractivity contribution in [1.29, 1.82) is 0 Å². The molecule has 0 saturated carbocycles. The summed E-state index contributed by atoms with van der Waals surface area (Å²) in [6.45, 7) is 9.38. The SMILES string of the molecule is CCc1cnc(N2CCC(N3CCCC3)CC2)c(C)c1. The molecule has 2 aliphatic rings. The molecule has 20 heavy (non-hydrogen) atoms. The van der Waals surface area contributed by atoms with Crippen molar-refractivity contribution in [2.45, 2.75) is 52.0 Å². The number of rotatable bonds is 3. The van der Waals surface area contributed by atoms with E-state index in [0.29, 0.717) is 0 Å². The monoisotopic (exact) mass is 273 g/mol. The first-order chi connectivity index (χ1) is 9.78. The molecule has 1 aromatic rings. The molecular weight excluding hydrogens is 246 g/mol. The highest BCUT2D eigenvalue weighted by molar-refractivity contribution is 5.47. The quantitative estimate of drug-likeness (QED) is 0.844. The summed E-state index contributed by atoms with van der Waals surface area (Å²) < 4.78 is 0. The van der Waals surface area contributed by atoms with Gasteiger partial charge in [-0.1, -0.05) is 13.0 Å².